The highest BCUT2D eigenvalue weighted by molar-refractivity contribution is 6.07. The van der Waals surface area contributed by atoms with Crippen LogP contribution in [-0.2, 0) is 0 Å². The number of hydrogen-bond acceptors (Lipinski definition) is 5. The van der Waals surface area contributed by atoms with Crippen molar-refractivity contribution in [2.75, 3.05) is 19.4 Å². The number of carbonyl (C=O) groups is 1. The van der Waals surface area contributed by atoms with Crippen LogP contribution in [0.4, 0.5) is 10.1 Å². The Bertz CT molecular complexity index is 959. The molecule has 2 aromatic carbocycles. The fourth-order valence-corrected chi connectivity index (χ4v) is 2.66. The molecule has 6 nitrogen and oxygen atoms in total. The first kappa shape index (κ1) is 16.6. The lowest BCUT2D eigenvalue weighted by atomic mass is 10.0. The Morgan fingerprint density at radius 1 is 1.20 bits per heavy atom. The Morgan fingerprint density at radius 3 is 2.64 bits per heavy atom. The van der Waals surface area contributed by atoms with Gasteiger partial charge in [0.1, 0.15) is 5.52 Å². The monoisotopic (exact) mass is 340 g/mol. The topological polar surface area (TPSA) is 90.1 Å². The van der Waals surface area contributed by atoms with Crippen LogP contribution in [0.2, 0.25) is 0 Å². The predicted molar refractivity (Wildman–Crippen MR) is 93.9 cm³/mol. The molecule has 0 aliphatic heterocycles. The molecule has 0 saturated carbocycles. The molecule has 3 rings (SSSR count). The lowest BCUT2D eigenvalue weighted by Gasteiger charge is -2.12. The molecule has 7 heteroatoms. The molecule has 0 aliphatic rings. The van der Waals surface area contributed by atoms with E-state index in [1.807, 2.05) is 0 Å². The summed E-state index contributed by atoms with van der Waals surface area (Å²) >= 11 is 0. The largest absolute Gasteiger partial charge is 0.494 e. The Labute approximate surface area is 143 Å². The molecule has 128 valence electrons. The summed E-state index contributed by atoms with van der Waals surface area (Å²) in [5.74, 6) is -0.757. The van der Waals surface area contributed by atoms with E-state index in [0.717, 1.165) is 0 Å². The average molecular weight is 340 g/mol. The molecule has 0 bridgehead atoms. The van der Waals surface area contributed by atoms with E-state index in [4.69, 9.17) is 10.5 Å². The number of rotatable bonds is 4. The minimum Gasteiger partial charge on any atom is -0.494 e. The quantitative estimate of drug-likeness (QED) is 0.762. The van der Waals surface area contributed by atoms with Gasteiger partial charge in [0.25, 0.3) is 5.91 Å². The maximum atomic E-state index is 14.6. The number of carbonyl (C=O) groups excluding carboxylic acids is 1. The fraction of sp³-hybridized carbons (Fsp3) is 0.167. The first-order valence-electron chi connectivity index (χ1n) is 7.74. The van der Waals surface area contributed by atoms with E-state index in [1.54, 1.807) is 37.3 Å². The summed E-state index contributed by atoms with van der Waals surface area (Å²) in [5, 5.41) is 11.2. The minimum absolute atomic E-state index is 0.0533. The summed E-state index contributed by atoms with van der Waals surface area (Å²) < 4.78 is 19.7. The Hall–Kier alpha value is -3.22. The van der Waals surface area contributed by atoms with Crippen molar-refractivity contribution >= 4 is 22.5 Å². The third kappa shape index (κ3) is 2.84. The van der Waals surface area contributed by atoms with Crippen molar-refractivity contribution in [1.29, 1.82) is 0 Å². The van der Waals surface area contributed by atoms with Crippen LogP contribution in [0.3, 0.4) is 0 Å². The third-order valence-corrected chi connectivity index (χ3v) is 3.86. The molecule has 3 aromatic rings. The summed E-state index contributed by atoms with van der Waals surface area (Å²) in [4.78, 5) is 12.0. The Morgan fingerprint density at radius 2 is 1.92 bits per heavy atom. The number of anilines is 1. The van der Waals surface area contributed by atoms with E-state index in [9.17, 15) is 9.18 Å². The normalized spacial score (nSPS) is 10.7. The van der Waals surface area contributed by atoms with Gasteiger partial charge < -0.3 is 15.8 Å². The molecular weight excluding hydrogens is 323 g/mol. The summed E-state index contributed by atoms with van der Waals surface area (Å²) in [6.45, 7) is 2.25. The smallest absolute Gasteiger partial charge is 0.273 e. The highest BCUT2D eigenvalue weighted by Crippen LogP contribution is 2.34. The standard InChI is InChI=1S/C18H17FN4O2/c1-3-21-18(24)17-15(20)12-8-4-7-11(16(12)22-23-17)10-6-5-9-13(25-2)14(10)19/h4-9H,3H2,1-2H3,(H2,20,22)(H,21,24). The van der Waals surface area contributed by atoms with Crippen molar-refractivity contribution < 1.29 is 13.9 Å². The number of methoxy groups -OCH3 is 1. The van der Waals surface area contributed by atoms with Crippen molar-refractivity contribution in [2.24, 2.45) is 0 Å². The van der Waals surface area contributed by atoms with Crippen LogP contribution >= 0.6 is 0 Å². The van der Waals surface area contributed by atoms with Gasteiger partial charge >= 0.3 is 0 Å². The second-order valence-electron chi connectivity index (χ2n) is 5.35. The molecule has 1 aromatic heterocycles. The van der Waals surface area contributed by atoms with Crippen molar-refractivity contribution in [1.82, 2.24) is 15.5 Å². The fourth-order valence-electron chi connectivity index (χ4n) is 2.66. The maximum Gasteiger partial charge on any atom is 0.273 e. The van der Waals surface area contributed by atoms with Gasteiger partial charge in [0, 0.05) is 23.1 Å². The second kappa shape index (κ2) is 6.72. The first-order valence-corrected chi connectivity index (χ1v) is 7.74. The van der Waals surface area contributed by atoms with E-state index in [-0.39, 0.29) is 17.1 Å². The number of nitrogen functional groups attached to an aromatic ring is 1. The van der Waals surface area contributed by atoms with Gasteiger partial charge in [0.15, 0.2) is 17.3 Å². The van der Waals surface area contributed by atoms with Crippen LogP contribution in [0.25, 0.3) is 22.0 Å². The van der Waals surface area contributed by atoms with Gasteiger partial charge in [-0.1, -0.05) is 30.3 Å². The zero-order valence-corrected chi connectivity index (χ0v) is 13.8. The number of fused-ring (bicyclic) bond motifs is 1. The van der Waals surface area contributed by atoms with E-state index in [1.165, 1.54) is 13.2 Å². The van der Waals surface area contributed by atoms with E-state index in [0.29, 0.717) is 28.6 Å². The lowest BCUT2D eigenvalue weighted by Crippen LogP contribution is -2.25. The van der Waals surface area contributed by atoms with Gasteiger partial charge in [-0.25, -0.2) is 4.39 Å². The van der Waals surface area contributed by atoms with Crippen molar-refractivity contribution in [2.45, 2.75) is 6.92 Å². The predicted octanol–water partition coefficient (Wildman–Crippen LogP) is 2.78. The van der Waals surface area contributed by atoms with Gasteiger partial charge in [0.05, 0.1) is 12.8 Å². The summed E-state index contributed by atoms with van der Waals surface area (Å²) in [6.07, 6.45) is 0. The van der Waals surface area contributed by atoms with E-state index < -0.39 is 11.7 Å². The Kier molecular flexibility index (Phi) is 4.47. The van der Waals surface area contributed by atoms with Gasteiger partial charge in [-0.15, -0.1) is 10.2 Å². The molecule has 0 saturated heterocycles. The maximum absolute atomic E-state index is 14.6. The van der Waals surface area contributed by atoms with Crippen molar-refractivity contribution in [3.05, 3.63) is 47.9 Å². The molecule has 0 spiro atoms. The number of nitrogens with one attached hydrogen (secondary N) is 1. The molecule has 1 amide bonds. The number of ether oxygens (including phenoxy) is 1. The summed E-state index contributed by atoms with van der Waals surface area (Å²) in [6, 6.07) is 10.0. The number of benzene rings is 2. The van der Waals surface area contributed by atoms with Crippen molar-refractivity contribution in [3.8, 4) is 16.9 Å². The minimum atomic E-state index is -0.495. The van der Waals surface area contributed by atoms with Crippen LogP contribution in [-0.4, -0.2) is 29.8 Å². The molecule has 0 atom stereocenters. The number of nitrogens with two attached hydrogens (primary N) is 1. The van der Waals surface area contributed by atoms with E-state index >= 15 is 0 Å². The van der Waals surface area contributed by atoms with Crippen LogP contribution in [0.15, 0.2) is 36.4 Å². The molecule has 0 unspecified atom stereocenters. The third-order valence-electron chi connectivity index (χ3n) is 3.86. The lowest BCUT2D eigenvalue weighted by molar-refractivity contribution is 0.0951. The number of hydrogen-bond donors (Lipinski definition) is 2. The van der Waals surface area contributed by atoms with Gasteiger partial charge in [-0.3, -0.25) is 4.79 Å². The van der Waals surface area contributed by atoms with Crippen LogP contribution < -0.4 is 15.8 Å². The first-order chi connectivity index (χ1) is 12.1. The average Bonchev–Trinajstić information content (AvgIpc) is 2.62. The summed E-state index contributed by atoms with van der Waals surface area (Å²) in [5.41, 5.74) is 7.64. The van der Waals surface area contributed by atoms with Crippen LogP contribution in [0.1, 0.15) is 17.4 Å². The molecule has 25 heavy (non-hydrogen) atoms. The number of aromatic nitrogens is 2. The molecule has 0 fully saturated rings. The molecular formula is C18H17FN4O2. The van der Waals surface area contributed by atoms with Crippen molar-refractivity contribution in [3.63, 3.8) is 0 Å². The zero-order valence-electron chi connectivity index (χ0n) is 13.8. The molecule has 0 aliphatic carbocycles. The highest BCUT2D eigenvalue weighted by Gasteiger charge is 2.18. The number of nitrogens with zero attached hydrogens (tertiary/aromatic N) is 2. The highest BCUT2D eigenvalue weighted by atomic mass is 19.1. The van der Waals surface area contributed by atoms with Crippen LogP contribution in [0.5, 0.6) is 5.75 Å². The molecule has 3 N–H and O–H groups in total. The number of halogens is 1. The van der Waals surface area contributed by atoms with Gasteiger partial charge in [-0.05, 0) is 13.0 Å². The molecule has 0 radical (unpaired) electrons. The SMILES string of the molecule is CCNC(=O)c1nnc2c(-c3cccc(OC)c3F)cccc2c1N. The summed E-state index contributed by atoms with van der Waals surface area (Å²) in [7, 11) is 1.40. The molecule has 1 heterocycles. The van der Waals surface area contributed by atoms with Crippen LogP contribution in [0, 0.1) is 5.82 Å². The van der Waals surface area contributed by atoms with Gasteiger partial charge in [-0.2, -0.15) is 0 Å². The second-order valence-corrected chi connectivity index (χ2v) is 5.35. The van der Waals surface area contributed by atoms with Gasteiger partial charge in [0.2, 0.25) is 0 Å². The van der Waals surface area contributed by atoms with E-state index in [2.05, 4.69) is 15.5 Å². The Balaban J connectivity index is 2.23. The zero-order chi connectivity index (χ0) is 18.0. The number of amides is 1.